The Morgan fingerprint density at radius 1 is 1.12 bits per heavy atom. The van der Waals surface area contributed by atoms with Gasteiger partial charge in [-0.1, -0.05) is 37.3 Å². The maximum Gasteiger partial charge on any atom is 0.327 e. The minimum Gasteiger partial charge on any atom is -0.480 e. The second-order valence-corrected chi connectivity index (χ2v) is 12.3. The Bertz CT molecular complexity index is 1270. The van der Waals surface area contributed by atoms with Crippen molar-refractivity contribution >= 4 is 40.9 Å². The molecule has 1 saturated heterocycles. The molecular weight excluding hydrogens is 479 g/mol. The summed E-state index contributed by atoms with van der Waals surface area (Å²) >= 11 is 2.72. The lowest BCUT2D eigenvalue weighted by atomic mass is 9.68. The van der Waals surface area contributed by atoms with Crippen molar-refractivity contribution in [2.75, 3.05) is 0 Å². The van der Waals surface area contributed by atoms with Crippen LogP contribution in [0.4, 0.5) is 4.39 Å². The standard InChI is InChI=1S/C24H23FN2O5S2/c1-8(2)17(23(30)31)27-21(28)15-11-7-12(16(15)22(27)29)18-14(11)13(9-3-5-10(25)6-4-9)19-20(33-18)26-24(32)34-19/h3-6,8,11-18H,7H2,1-2H3,(H,26,32)(H,30,31)/t11-,12+,13+,14+,15+,16+,17+,18-/m1/s1. The Morgan fingerprint density at radius 3 is 2.38 bits per heavy atom. The molecule has 2 saturated carbocycles. The lowest BCUT2D eigenvalue weighted by Crippen LogP contribution is -2.49. The van der Waals surface area contributed by atoms with Crippen molar-refractivity contribution < 1.29 is 23.9 Å². The van der Waals surface area contributed by atoms with Crippen molar-refractivity contribution in [1.29, 1.82) is 0 Å². The SMILES string of the molecule is CC(C)[C@@H](C(=O)O)N1C(=O)[C@H]2[C@@H]3C[C@@H]([C@@H]2C1=O)[C@H]1[C@H](c2ccc(F)cc2)c2sc(=O)[nH]c2S[C@H]31. The maximum atomic E-state index is 13.7. The topological polar surface area (TPSA) is 108 Å². The molecule has 34 heavy (non-hydrogen) atoms. The summed E-state index contributed by atoms with van der Waals surface area (Å²) in [4.78, 5) is 56.0. The number of benzene rings is 1. The number of carboxylic acids is 1. The van der Waals surface area contributed by atoms with E-state index in [2.05, 4.69) is 4.98 Å². The minimum absolute atomic E-state index is 0.000288. The maximum absolute atomic E-state index is 13.7. The van der Waals surface area contributed by atoms with Gasteiger partial charge in [-0.15, -0.1) is 11.8 Å². The summed E-state index contributed by atoms with van der Waals surface area (Å²) in [5, 5.41) is 10.6. The van der Waals surface area contributed by atoms with Gasteiger partial charge in [-0.3, -0.25) is 19.3 Å². The molecule has 10 heteroatoms. The normalized spacial score (nSPS) is 34.4. The number of nitrogens with zero attached hydrogens (tertiary/aromatic N) is 1. The molecule has 0 unspecified atom stereocenters. The molecule has 0 radical (unpaired) electrons. The number of carbonyl (C=O) groups is 3. The summed E-state index contributed by atoms with van der Waals surface area (Å²) in [7, 11) is 0. The molecule has 4 aliphatic rings. The molecule has 7 nitrogen and oxygen atoms in total. The molecule has 2 aromatic rings. The number of likely N-dealkylation sites (tertiary alicyclic amines) is 1. The molecule has 2 N–H and O–H groups in total. The van der Waals surface area contributed by atoms with Gasteiger partial charge in [-0.05, 0) is 47.8 Å². The van der Waals surface area contributed by atoms with Crippen LogP contribution in [0.5, 0.6) is 0 Å². The van der Waals surface area contributed by atoms with Crippen molar-refractivity contribution in [3.05, 3.63) is 50.2 Å². The zero-order valence-electron chi connectivity index (χ0n) is 18.4. The first kappa shape index (κ1) is 22.0. The monoisotopic (exact) mass is 502 g/mol. The highest BCUT2D eigenvalue weighted by atomic mass is 32.2. The fourth-order valence-corrected chi connectivity index (χ4v) is 9.94. The van der Waals surface area contributed by atoms with Gasteiger partial charge in [0.2, 0.25) is 11.8 Å². The number of halogens is 1. The molecule has 1 aromatic heterocycles. The Kier molecular flexibility index (Phi) is 4.87. The van der Waals surface area contributed by atoms with Crippen LogP contribution in [0.25, 0.3) is 0 Å². The zero-order valence-corrected chi connectivity index (χ0v) is 20.1. The Balaban J connectivity index is 1.44. The number of fused-ring (bicyclic) bond motifs is 9. The minimum atomic E-state index is -1.18. The van der Waals surface area contributed by atoms with Gasteiger partial charge in [0.1, 0.15) is 11.9 Å². The lowest BCUT2D eigenvalue weighted by Gasteiger charge is -2.43. The van der Waals surface area contributed by atoms with Crippen molar-refractivity contribution in [3.8, 4) is 0 Å². The summed E-state index contributed by atoms with van der Waals surface area (Å²) < 4.78 is 13.7. The third-order valence-corrected chi connectivity index (χ3v) is 10.7. The average molecular weight is 503 g/mol. The van der Waals surface area contributed by atoms with Crippen LogP contribution in [0, 0.1) is 41.3 Å². The van der Waals surface area contributed by atoms with Gasteiger partial charge in [0.15, 0.2) is 0 Å². The molecule has 2 aliphatic heterocycles. The summed E-state index contributed by atoms with van der Waals surface area (Å²) in [5.41, 5.74) is 0.886. The highest BCUT2D eigenvalue weighted by Gasteiger charge is 2.70. The zero-order chi connectivity index (χ0) is 24.0. The fraction of sp³-hybridized carbons (Fsp3) is 0.500. The number of nitrogens with one attached hydrogen (secondary N) is 1. The third kappa shape index (κ3) is 2.87. The number of hydrogen-bond acceptors (Lipinski definition) is 6. The first-order chi connectivity index (χ1) is 16.2. The van der Waals surface area contributed by atoms with Gasteiger partial charge < -0.3 is 10.1 Å². The molecule has 178 valence electrons. The van der Waals surface area contributed by atoms with Crippen LogP contribution in [-0.2, 0) is 14.4 Å². The van der Waals surface area contributed by atoms with Crippen LogP contribution in [0.2, 0.25) is 0 Å². The number of imide groups is 1. The molecule has 1 aromatic carbocycles. The number of thiazole rings is 1. The molecule has 2 aliphatic carbocycles. The predicted molar refractivity (Wildman–Crippen MR) is 123 cm³/mol. The first-order valence-corrected chi connectivity index (χ1v) is 13.1. The number of thioether (sulfide) groups is 1. The van der Waals surface area contributed by atoms with Crippen molar-refractivity contribution in [3.63, 3.8) is 0 Å². The largest absolute Gasteiger partial charge is 0.480 e. The van der Waals surface area contributed by atoms with Crippen molar-refractivity contribution in [2.24, 2.45) is 35.5 Å². The third-order valence-electron chi connectivity index (χ3n) is 8.15. The molecule has 3 heterocycles. The van der Waals surface area contributed by atoms with Crippen LogP contribution in [0.1, 0.15) is 36.6 Å². The number of rotatable bonds is 4. The molecule has 3 fully saturated rings. The van der Waals surface area contributed by atoms with E-state index in [1.807, 2.05) is 0 Å². The smallest absolute Gasteiger partial charge is 0.327 e. The highest BCUT2D eigenvalue weighted by Crippen LogP contribution is 2.68. The van der Waals surface area contributed by atoms with Crippen LogP contribution in [0.3, 0.4) is 0 Å². The van der Waals surface area contributed by atoms with Gasteiger partial charge >= 0.3 is 10.8 Å². The second kappa shape index (κ2) is 7.52. The van der Waals surface area contributed by atoms with Crippen molar-refractivity contribution in [1.82, 2.24) is 9.88 Å². The van der Waals surface area contributed by atoms with E-state index >= 15 is 0 Å². The molecule has 2 amide bonds. The predicted octanol–water partition coefficient (Wildman–Crippen LogP) is 3.16. The fourth-order valence-electron chi connectivity index (χ4n) is 7.05. The van der Waals surface area contributed by atoms with Crippen LogP contribution in [-0.4, -0.2) is 44.1 Å². The summed E-state index contributed by atoms with van der Waals surface area (Å²) in [5.74, 6) is -4.08. The number of hydrogen-bond donors (Lipinski definition) is 2. The van der Waals surface area contributed by atoms with Gasteiger partial charge in [0, 0.05) is 16.0 Å². The number of aromatic amines is 1. The highest BCUT2D eigenvalue weighted by molar-refractivity contribution is 8.00. The van der Waals surface area contributed by atoms with Crippen molar-refractivity contribution in [2.45, 2.75) is 42.5 Å². The van der Waals surface area contributed by atoms with Gasteiger partial charge in [0.25, 0.3) is 0 Å². The van der Waals surface area contributed by atoms with E-state index in [-0.39, 0.29) is 51.4 Å². The summed E-state index contributed by atoms with van der Waals surface area (Å²) in [6.45, 7) is 3.41. The van der Waals surface area contributed by atoms with E-state index < -0.39 is 29.8 Å². The number of amides is 2. The molecule has 8 atom stereocenters. The van der Waals surface area contributed by atoms with E-state index in [0.29, 0.717) is 0 Å². The number of carboxylic acid groups (broad SMARTS) is 1. The molecule has 0 spiro atoms. The number of carbonyl (C=O) groups excluding carboxylic acids is 2. The van der Waals surface area contributed by atoms with Gasteiger partial charge in [-0.25, -0.2) is 9.18 Å². The Morgan fingerprint density at radius 2 is 1.76 bits per heavy atom. The Labute approximate surface area is 202 Å². The van der Waals surface area contributed by atoms with E-state index in [4.69, 9.17) is 0 Å². The van der Waals surface area contributed by atoms with Gasteiger partial charge in [-0.2, -0.15) is 0 Å². The quantitative estimate of drug-likeness (QED) is 0.622. The lowest BCUT2D eigenvalue weighted by molar-refractivity contribution is -0.157. The summed E-state index contributed by atoms with van der Waals surface area (Å²) in [6, 6.07) is 5.10. The number of aromatic nitrogens is 1. The van der Waals surface area contributed by atoms with E-state index in [0.717, 1.165) is 38.1 Å². The van der Waals surface area contributed by atoms with Crippen LogP contribution < -0.4 is 4.87 Å². The average Bonchev–Trinajstić information content (AvgIpc) is 3.49. The molecular formula is C24H23FN2O5S2. The first-order valence-electron chi connectivity index (χ1n) is 11.4. The molecule has 6 rings (SSSR count). The number of aliphatic carboxylic acids is 1. The van der Waals surface area contributed by atoms with Gasteiger partial charge in [0.05, 0.1) is 16.9 Å². The van der Waals surface area contributed by atoms with Crippen LogP contribution >= 0.6 is 23.1 Å². The number of H-pyrrole nitrogens is 1. The Hall–Kier alpha value is -2.46. The second-order valence-electron chi connectivity index (χ2n) is 10.1. The summed E-state index contributed by atoms with van der Waals surface area (Å²) in [6.07, 6.45) is 0.721. The van der Waals surface area contributed by atoms with E-state index in [9.17, 15) is 28.7 Å². The van der Waals surface area contributed by atoms with Crippen LogP contribution in [0.15, 0.2) is 34.1 Å². The van der Waals surface area contributed by atoms with E-state index in [1.165, 1.54) is 12.1 Å². The van der Waals surface area contributed by atoms with E-state index in [1.54, 1.807) is 37.7 Å². The molecule has 2 bridgehead atoms.